The van der Waals surface area contributed by atoms with Crippen molar-refractivity contribution in [3.05, 3.63) is 35.9 Å². The third kappa shape index (κ3) is 2.30. The van der Waals surface area contributed by atoms with Crippen molar-refractivity contribution in [2.45, 2.75) is 56.0 Å². The van der Waals surface area contributed by atoms with Crippen molar-refractivity contribution < 1.29 is 15.1 Å². The van der Waals surface area contributed by atoms with Crippen molar-refractivity contribution >= 4 is 0 Å². The molecule has 0 radical (unpaired) electrons. The normalized spacial score (nSPS) is 34.3. The molecule has 0 bridgehead atoms. The van der Waals surface area contributed by atoms with Gasteiger partial charge < -0.3 is 10.2 Å². The highest BCUT2D eigenvalue weighted by Gasteiger charge is 2.55. The van der Waals surface area contributed by atoms with Crippen LogP contribution in [0.5, 0.6) is 0 Å². The minimum Gasteiger partial charge on any atom is -0.384 e. The number of nitrogens with one attached hydrogen (secondary N) is 1. The fourth-order valence-electron chi connectivity index (χ4n) is 3.21. The average molecular weight is 263 g/mol. The van der Waals surface area contributed by atoms with Gasteiger partial charge in [-0.2, -0.15) is 5.48 Å². The first-order valence-electron chi connectivity index (χ1n) is 7.06. The lowest BCUT2D eigenvalue weighted by Crippen LogP contribution is -2.55. The zero-order chi connectivity index (χ0) is 13.3. The molecule has 2 aliphatic rings. The topological polar surface area (TPSA) is 61.7 Å². The lowest BCUT2D eigenvalue weighted by Gasteiger charge is -2.41. The largest absolute Gasteiger partial charge is 0.384 e. The van der Waals surface area contributed by atoms with Gasteiger partial charge in [0.1, 0.15) is 5.60 Å². The molecule has 1 saturated heterocycles. The van der Waals surface area contributed by atoms with Gasteiger partial charge in [0.25, 0.3) is 0 Å². The Morgan fingerprint density at radius 3 is 2.42 bits per heavy atom. The molecule has 2 fully saturated rings. The Bertz CT molecular complexity index is 430. The van der Waals surface area contributed by atoms with Crippen molar-refractivity contribution in [1.82, 2.24) is 5.48 Å². The summed E-state index contributed by atoms with van der Waals surface area (Å²) in [5.41, 5.74) is 2.82. The van der Waals surface area contributed by atoms with E-state index in [4.69, 9.17) is 4.84 Å². The van der Waals surface area contributed by atoms with Crippen molar-refractivity contribution in [3.8, 4) is 0 Å². The van der Waals surface area contributed by atoms with E-state index in [1.807, 2.05) is 30.3 Å². The first-order valence-corrected chi connectivity index (χ1v) is 7.06. The molecule has 3 rings (SSSR count). The van der Waals surface area contributed by atoms with Gasteiger partial charge in [-0.1, -0.05) is 49.6 Å². The molecule has 0 spiro atoms. The number of benzene rings is 1. The van der Waals surface area contributed by atoms with Gasteiger partial charge in [0, 0.05) is 6.42 Å². The van der Waals surface area contributed by atoms with Gasteiger partial charge in [0.05, 0.1) is 6.04 Å². The van der Waals surface area contributed by atoms with Crippen LogP contribution in [-0.2, 0) is 4.84 Å². The van der Waals surface area contributed by atoms with Crippen molar-refractivity contribution in [2.24, 2.45) is 0 Å². The van der Waals surface area contributed by atoms with Gasteiger partial charge in [0.2, 0.25) is 5.79 Å². The Hall–Kier alpha value is -0.940. The lowest BCUT2D eigenvalue weighted by atomic mass is 9.76. The zero-order valence-electron chi connectivity index (χ0n) is 11.0. The maximum Gasteiger partial charge on any atom is 0.215 e. The van der Waals surface area contributed by atoms with E-state index in [1.54, 1.807) is 0 Å². The molecule has 19 heavy (non-hydrogen) atoms. The molecule has 1 aliphatic heterocycles. The summed E-state index contributed by atoms with van der Waals surface area (Å²) in [5, 5.41) is 21.4. The molecule has 3 N–H and O–H groups in total. The molecule has 1 saturated carbocycles. The molecule has 4 nitrogen and oxygen atoms in total. The van der Waals surface area contributed by atoms with E-state index in [1.165, 1.54) is 0 Å². The fourth-order valence-corrected chi connectivity index (χ4v) is 3.21. The highest BCUT2D eigenvalue weighted by atomic mass is 16.8. The van der Waals surface area contributed by atoms with E-state index in [0.717, 1.165) is 24.8 Å². The number of aliphatic hydroxyl groups is 2. The monoisotopic (exact) mass is 263 g/mol. The lowest BCUT2D eigenvalue weighted by molar-refractivity contribution is -0.303. The number of hydroxylamine groups is 1. The van der Waals surface area contributed by atoms with E-state index in [-0.39, 0.29) is 6.04 Å². The van der Waals surface area contributed by atoms with E-state index < -0.39 is 11.4 Å². The SMILES string of the molecule is OC1([C@]2(O)C[C@@H](c3ccccc3)NO2)CCCCC1. The van der Waals surface area contributed by atoms with Gasteiger partial charge >= 0.3 is 0 Å². The summed E-state index contributed by atoms with van der Waals surface area (Å²) >= 11 is 0. The minimum absolute atomic E-state index is 0.0721. The molecule has 0 amide bonds. The number of hydrogen-bond acceptors (Lipinski definition) is 4. The molecule has 2 atom stereocenters. The molecular weight excluding hydrogens is 242 g/mol. The van der Waals surface area contributed by atoms with Crippen LogP contribution in [-0.4, -0.2) is 21.6 Å². The Morgan fingerprint density at radius 2 is 1.74 bits per heavy atom. The Morgan fingerprint density at radius 1 is 1.05 bits per heavy atom. The van der Waals surface area contributed by atoms with Crippen LogP contribution >= 0.6 is 0 Å². The summed E-state index contributed by atoms with van der Waals surface area (Å²) in [5.74, 6) is -1.48. The van der Waals surface area contributed by atoms with Crippen LogP contribution < -0.4 is 5.48 Å². The van der Waals surface area contributed by atoms with E-state index in [0.29, 0.717) is 19.3 Å². The van der Waals surface area contributed by atoms with E-state index in [9.17, 15) is 10.2 Å². The molecule has 1 aromatic carbocycles. The second kappa shape index (κ2) is 4.87. The Balaban J connectivity index is 1.77. The third-order valence-corrected chi connectivity index (χ3v) is 4.46. The van der Waals surface area contributed by atoms with Gasteiger partial charge in [-0.15, -0.1) is 0 Å². The predicted octanol–water partition coefficient (Wildman–Crippen LogP) is 2.04. The first-order chi connectivity index (χ1) is 9.13. The summed E-state index contributed by atoms with van der Waals surface area (Å²) in [6, 6.07) is 9.81. The van der Waals surface area contributed by atoms with Crippen LogP contribution in [0, 0.1) is 0 Å². The maximum absolute atomic E-state index is 10.7. The fraction of sp³-hybridized carbons (Fsp3) is 0.600. The minimum atomic E-state index is -1.48. The molecule has 1 aliphatic carbocycles. The standard InChI is InChI=1S/C15H21NO3/c17-14(9-5-2-6-10-14)15(18)11-13(16-19-15)12-7-3-1-4-8-12/h1,3-4,7-8,13,16-18H,2,5-6,9-11H2/t13-,15-/m0/s1. The summed E-state index contributed by atoms with van der Waals surface area (Å²) in [7, 11) is 0. The molecule has 104 valence electrons. The van der Waals surface area contributed by atoms with Crippen molar-refractivity contribution in [2.75, 3.05) is 0 Å². The summed E-state index contributed by atoms with van der Waals surface area (Å²) in [4.78, 5) is 5.41. The Kier molecular flexibility index (Phi) is 3.35. The van der Waals surface area contributed by atoms with Gasteiger partial charge in [-0.25, -0.2) is 0 Å². The summed E-state index contributed by atoms with van der Waals surface area (Å²) < 4.78 is 0. The second-order valence-electron chi connectivity index (χ2n) is 5.76. The smallest absolute Gasteiger partial charge is 0.215 e. The van der Waals surface area contributed by atoms with Crippen LogP contribution in [0.15, 0.2) is 30.3 Å². The molecular formula is C15H21NO3. The van der Waals surface area contributed by atoms with Crippen LogP contribution in [0.3, 0.4) is 0 Å². The van der Waals surface area contributed by atoms with Crippen LogP contribution in [0.1, 0.15) is 50.1 Å². The number of rotatable bonds is 2. The predicted molar refractivity (Wildman–Crippen MR) is 71.0 cm³/mol. The molecule has 0 unspecified atom stereocenters. The van der Waals surface area contributed by atoms with Crippen LogP contribution in [0.2, 0.25) is 0 Å². The molecule has 1 heterocycles. The van der Waals surface area contributed by atoms with Gasteiger partial charge in [-0.3, -0.25) is 4.84 Å². The second-order valence-corrected chi connectivity index (χ2v) is 5.76. The summed E-state index contributed by atoms with van der Waals surface area (Å²) in [6.07, 6.45) is 4.59. The molecule has 0 aromatic heterocycles. The van der Waals surface area contributed by atoms with Crippen molar-refractivity contribution in [1.29, 1.82) is 0 Å². The highest BCUT2D eigenvalue weighted by molar-refractivity contribution is 5.20. The number of hydrogen-bond donors (Lipinski definition) is 3. The third-order valence-electron chi connectivity index (χ3n) is 4.46. The highest BCUT2D eigenvalue weighted by Crippen LogP contribution is 2.44. The molecule has 1 aromatic rings. The van der Waals surface area contributed by atoms with Crippen molar-refractivity contribution in [3.63, 3.8) is 0 Å². The van der Waals surface area contributed by atoms with Crippen LogP contribution in [0.25, 0.3) is 0 Å². The Labute approximate surface area is 113 Å². The van der Waals surface area contributed by atoms with E-state index in [2.05, 4.69) is 5.48 Å². The maximum atomic E-state index is 10.7. The zero-order valence-corrected chi connectivity index (χ0v) is 11.0. The van der Waals surface area contributed by atoms with Gasteiger partial charge in [-0.05, 0) is 18.4 Å². The quantitative estimate of drug-likeness (QED) is 0.764. The van der Waals surface area contributed by atoms with E-state index >= 15 is 0 Å². The summed E-state index contributed by atoms with van der Waals surface area (Å²) in [6.45, 7) is 0. The van der Waals surface area contributed by atoms with Gasteiger partial charge in [0.15, 0.2) is 0 Å². The van der Waals surface area contributed by atoms with Crippen LogP contribution in [0.4, 0.5) is 0 Å². The average Bonchev–Trinajstić information content (AvgIpc) is 2.85. The molecule has 4 heteroatoms. The first kappa shape index (κ1) is 13.1.